The summed E-state index contributed by atoms with van der Waals surface area (Å²) in [5, 5.41) is 5.68. The zero-order chi connectivity index (χ0) is 23.7. The highest BCUT2D eigenvalue weighted by atomic mass is 35.5. The van der Waals surface area contributed by atoms with Gasteiger partial charge in [0.15, 0.2) is 6.61 Å². The van der Waals surface area contributed by atoms with Crippen LogP contribution in [0, 0.1) is 0 Å². The number of amides is 2. The van der Waals surface area contributed by atoms with E-state index in [0.717, 1.165) is 0 Å². The molecule has 0 aromatic heterocycles. The first-order valence-corrected chi connectivity index (χ1v) is 11.8. The van der Waals surface area contributed by atoms with Gasteiger partial charge in [0.25, 0.3) is 5.91 Å². The van der Waals surface area contributed by atoms with E-state index in [1.807, 2.05) is 18.2 Å². The smallest absolute Gasteiger partial charge is 0.262 e. The molecule has 0 aliphatic carbocycles. The summed E-state index contributed by atoms with van der Waals surface area (Å²) in [7, 11) is -3.77. The van der Waals surface area contributed by atoms with E-state index < -0.39 is 10.0 Å². The molecule has 0 unspecified atom stereocenters. The molecule has 3 aromatic carbocycles. The lowest BCUT2D eigenvalue weighted by Gasteiger charge is -2.10. The van der Waals surface area contributed by atoms with Crippen LogP contribution in [0.1, 0.15) is 6.42 Å². The summed E-state index contributed by atoms with van der Waals surface area (Å²) >= 11 is 5.83. The lowest BCUT2D eigenvalue weighted by molar-refractivity contribution is -0.118. The summed E-state index contributed by atoms with van der Waals surface area (Å²) < 4.78 is 32.4. The van der Waals surface area contributed by atoms with Crippen LogP contribution in [-0.2, 0) is 19.6 Å². The summed E-state index contributed by atoms with van der Waals surface area (Å²) in [4.78, 5) is 24.2. The van der Waals surface area contributed by atoms with E-state index in [1.54, 1.807) is 42.5 Å². The predicted molar refractivity (Wildman–Crippen MR) is 127 cm³/mol. The Kier molecular flexibility index (Phi) is 8.42. The van der Waals surface area contributed by atoms with Crippen LogP contribution in [0.15, 0.2) is 83.8 Å². The second-order valence-electron chi connectivity index (χ2n) is 6.88. The minimum atomic E-state index is -3.77. The largest absolute Gasteiger partial charge is 0.484 e. The Hall–Kier alpha value is -3.40. The number of anilines is 2. The number of sulfonamides is 1. The number of benzene rings is 3. The Morgan fingerprint density at radius 2 is 1.52 bits per heavy atom. The van der Waals surface area contributed by atoms with Crippen LogP contribution >= 0.6 is 11.6 Å². The highest BCUT2D eigenvalue weighted by Crippen LogP contribution is 2.18. The van der Waals surface area contributed by atoms with Crippen LogP contribution in [0.2, 0.25) is 5.02 Å². The van der Waals surface area contributed by atoms with E-state index in [9.17, 15) is 18.0 Å². The Morgan fingerprint density at radius 3 is 2.27 bits per heavy atom. The Bertz CT molecular complexity index is 1220. The average molecular weight is 488 g/mol. The number of hydrogen-bond acceptors (Lipinski definition) is 5. The minimum Gasteiger partial charge on any atom is -0.484 e. The molecule has 2 amide bonds. The monoisotopic (exact) mass is 487 g/mol. The zero-order valence-corrected chi connectivity index (χ0v) is 19.0. The SMILES string of the molecule is O=C(CCNS(=O)(=O)c1cccc(Cl)c1)Nc1cccc(OCC(=O)Nc2ccccc2)c1. The highest BCUT2D eigenvalue weighted by Gasteiger charge is 2.14. The van der Waals surface area contributed by atoms with E-state index in [1.165, 1.54) is 18.2 Å². The first-order valence-electron chi connectivity index (χ1n) is 9.95. The van der Waals surface area contributed by atoms with Gasteiger partial charge in [-0.3, -0.25) is 9.59 Å². The van der Waals surface area contributed by atoms with Crippen molar-refractivity contribution in [2.75, 3.05) is 23.8 Å². The number of rotatable bonds is 10. The van der Waals surface area contributed by atoms with Gasteiger partial charge in [-0.25, -0.2) is 13.1 Å². The third-order valence-corrected chi connectivity index (χ3v) is 5.99. The van der Waals surface area contributed by atoms with Gasteiger partial charge in [0, 0.05) is 35.4 Å². The van der Waals surface area contributed by atoms with Crippen molar-refractivity contribution < 1.29 is 22.7 Å². The van der Waals surface area contributed by atoms with Crippen LogP contribution in [-0.4, -0.2) is 33.4 Å². The standard InChI is InChI=1S/C23H22ClN3O5S/c24-17-6-4-11-21(14-17)33(30,31)25-13-12-22(28)27-19-9-5-10-20(15-19)32-16-23(29)26-18-7-2-1-3-8-18/h1-11,14-15,25H,12-13,16H2,(H,26,29)(H,27,28). The van der Waals surface area contributed by atoms with Gasteiger partial charge in [0.05, 0.1) is 4.90 Å². The molecular formula is C23H22ClN3O5S. The van der Waals surface area contributed by atoms with Gasteiger partial charge in [-0.2, -0.15) is 0 Å². The number of ether oxygens (including phenoxy) is 1. The van der Waals surface area contributed by atoms with Crippen molar-refractivity contribution in [3.05, 3.63) is 83.9 Å². The predicted octanol–water partition coefficient (Wildman–Crippen LogP) is 3.66. The van der Waals surface area contributed by atoms with Crippen molar-refractivity contribution >= 4 is 44.8 Å². The summed E-state index contributed by atoms with van der Waals surface area (Å²) in [5.41, 5.74) is 1.12. The molecule has 3 aromatic rings. The minimum absolute atomic E-state index is 0.0246. The molecule has 0 atom stereocenters. The molecule has 0 saturated carbocycles. The number of nitrogens with one attached hydrogen (secondary N) is 3. The van der Waals surface area contributed by atoms with Gasteiger partial charge in [0.2, 0.25) is 15.9 Å². The van der Waals surface area contributed by atoms with Crippen LogP contribution in [0.3, 0.4) is 0 Å². The van der Waals surface area contributed by atoms with Crippen LogP contribution < -0.4 is 20.1 Å². The molecule has 0 heterocycles. The Morgan fingerprint density at radius 1 is 0.818 bits per heavy atom. The molecule has 3 rings (SSSR count). The van der Waals surface area contributed by atoms with Crippen molar-refractivity contribution in [2.45, 2.75) is 11.3 Å². The fourth-order valence-corrected chi connectivity index (χ4v) is 4.10. The van der Waals surface area contributed by atoms with E-state index in [-0.39, 0.29) is 36.3 Å². The third-order valence-electron chi connectivity index (χ3n) is 4.30. The van der Waals surface area contributed by atoms with Crippen molar-refractivity contribution in [1.29, 1.82) is 0 Å². The fraction of sp³-hybridized carbons (Fsp3) is 0.130. The fourth-order valence-electron chi connectivity index (χ4n) is 2.77. The topological polar surface area (TPSA) is 114 Å². The number of halogens is 1. The number of hydrogen-bond donors (Lipinski definition) is 3. The van der Waals surface area contributed by atoms with Crippen LogP contribution in [0.5, 0.6) is 5.75 Å². The second kappa shape index (κ2) is 11.5. The molecule has 8 nitrogen and oxygen atoms in total. The van der Waals surface area contributed by atoms with Crippen LogP contribution in [0.4, 0.5) is 11.4 Å². The molecule has 0 aliphatic heterocycles. The summed E-state index contributed by atoms with van der Waals surface area (Å²) in [6.45, 7) is -0.284. The molecule has 0 aliphatic rings. The van der Waals surface area contributed by atoms with Gasteiger partial charge in [-0.15, -0.1) is 0 Å². The van der Waals surface area contributed by atoms with Crippen molar-refractivity contribution in [3.63, 3.8) is 0 Å². The first-order chi connectivity index (χ1) is 15.8. The van der Waals surface area contributed by atoms with Gasteiger partial charge < -0.3 is 15.4 Å². The number of carbonyl (C=O) groups is 2. The lowest BCUT2D eigenvalue weighted by atomic mass is 10.3. The summed E-state index contributed by atoms with van der Waals surface area (Å²) in [6, 6.07) is 21.4. The first kappa shape index (κ1) is 24.2. The molecule has 0 bridgehead atoms. The maximum Gasteiger partial charge on any atom is 0.262 e. The van der Waals surface area contributed by atoms with Crippen molar-refractivity contribution in [3.8, 4) is 5.75 Å². The van der Waals surface area contributed by atoms with Crippen molar-refractivity contribution in [1.82, 2.24) is 4.72 Å². The Balaban J connectivity index is 1.45. The molecule has 0 spiro atoms. The molecule has 0 fully saturated rings. The molecule has 0 saturated heterocycles. The van der Waals surface area contributed by atoms with E-state index in [0.29, 0.717) is 22.1 Å². The molecule has 3 N–H and O–H groups in total. The maximum absolute atomic E-state index is 12.3. The highest BCUT2D eigenvalue weighted by molar-refractivity contribution is 7.89. The Labute approximate surface area is 197 Å². The summed E-state index contributed by atoms with van der Waals surface area (Å²) in [5.74, 6) is -0.303. The van der Waals surface area contributed by atoms with Gasteiger partial charge in [0.1, 0.15) is 5.75 Å². The second-order valence-corrected chi connectivity index (χ2v) is 9.09. The summed E-state index contributed by atoms with van der Waals surface area (Å²) in [6.07, 6.45) is -0.0790. The third kappa shape index (κ3) is 7.90. The van der Waals surface area contributed by atoms with E-state index in [2.05, 4.69) is 15.4 Å². The molecule has 172 valence electrons. The molecule has 10 heteroatoms. The molecule has 33 heavy (non-hydrogen) atoms. The van der Waals surface area contributed by atoms with E-state index >= 15 is 0 Å². The van der Waals surface area contributed by atoms with Gasteiger partial charge in [-0.1, -0.05) is 41.9 Å². The van der Waals surface area contributed by atoms with Crippen molar-refractivity contribution in [2.24, 2.45) is 0 Å². The molecular weight excluding hydrogens is 466 g/mol. The number of para-hydroxylation sites is 1. The maximum atomic E-state index is 12.3. The average Bonchev–Trinajstić information content (AvgIpc) is 2.78. The van der Waals surface area contributed by atoms with Crippen LogP contribution in [0.25, 0.3) is 0 Å². The normalized spacial score (nSPS) is 10.9. The van der Waals surface area contributed by atoms with Gasteiger partial charge in [-0.05, 0) is 42.5 Å². The lowest BCUT2D eigenvalue weighted by Crippen LogP contribution is -2.27. The van der Waals surface area contributed by atoms with Gasteiger partial charge >= 0.3 is 0 Å². The number of carbonyl (C=O) groups excluding carboxylic acids is 2. The quantitative estimate of drug-likeness (QED) is 0.404. The zero-order valence-electron chi connectivity index (χ0n) is 17.5. The molecule has 0 radical (unpaired) electrons. The van der Waals surface area contributed by atoms with E-state index in [4.69, 9.17) is 16.3 Å².